The number of nitrogens with zero attached hydrogens (tertiary/aromatic N) is 3. The molecule has 0 bridgehead atoms. The molecule has 0 saturated carbocycles. The Morgan fingerprint density at radius 3 is 2.43 bits per heavy atom. The van der Waals surface area contributed by atoms with Crippen molar-refractivity contribution in [2.24, 2.45) is 0 Å². The summed E-state index contributed by atoms with van der Waals surface area (Å²) in [6.45, 7) is 6.57. The van der Waals surface area contributed by atoms with Crippen LogP contribution in [0.1, 0.15) is 11.1 Å². The van der Waals surface area contributed by atoms with E-state index >= 15 is 0 Å². The molecule has 0 aromatic heterocycles. The van der Waals surface area contributed by atoms with Crippen molar-refractivity contribution >= 4 is 11.6 Å². The van der Waals surface area contributed by atoms with Crippen LogP contribution in [0.25, 0.3) is 0 Å². The maximum Gasteiger partial charge on any atom is 0.124 e. The maximum atomic E-state index is 13.2. The van der Waals surface area contributed by atoms with Crippen LogP contribution in [0.2, 0.25) is 5.02 Å². The molecule has 0 radical (unpaired) electrons. The molecular weight excluding hydrogens is 377 g/mol. The summed E-state index contributed by atoms with van der Waals surface area (Å²) in [5, 5.41) is 10.9. The van der Waals surface area contributed by atoms with Gasteiger partial charge in [0.2, 0.25) is 0 Å². The zero-order valence-corrected chi connectivity index (χ0v) is 17.2. The van der Waals surface area contributed by atoms with Gasteiger partial charge in [0.05, 0.1) is 6.10 Å². The first-order valence-corrected chi connectivity index (χ1v) is 10.2. The van der Waals surface area contributed by atoms with Crippen LogP contribution >= 0.6 is 11.6 Å². The number of hydrogen-bond donors (Lipinski definition) is 1. The van der Waals surface area contributed by atoms with Gasteiger partial charge in [-0.05, 0) is 30.3 Å². The Labute approximate surface area is 172 Å². The smallest absolute Gasteiger partial charge is 0.124 e. The van der Waals surface area contributed by atoms with Gasteiger partial charge >= 0.3 is 0 Å². The molecule has 2 aromatic rings. The molecule has 1 atom stereocenters. The average molecular weight is 406 g/mol. The summed E-state index contributed by atoms with van der Waals surface area (Å²) in [6.07, 6.45) is -0.369. The number of benzene rings is 2. The molecule has 152 valence electrons. The van der Waals surface area contributed by atoms with Gasteiger partial charge in [-0.15, -0.1) is 0 Å². The van der Waals surface area contributed by atoms with Crippen LogP contribution in [0.4, 0.5) is 4.39 Å². The van der Waals surface area contributed by atoms with Crippen LogP contribution in [-0.4, -0.2) is 72.2 Å². The van der Waals surface area contributed by atoms with Gasteiger partial charge in [0, 0.05) is 57.4 Å². The van der Waals surface area contributed by atoms with E-state index < -0.39 is 0 Å². The standard InChI is InChI=1S/C22H29ClFN3O/c1-25(14-18-5-3-2-4-6-18)16-21(28)17-27-11-9-26(10-12-27)15-19-7-8-20(24)13-22(19)23/h2-8,13,21,28H,9-12,14-17H2,1H3. The minimum atomic E-state index is -0.369. The number of β-amino-alcohol motifs (C(OH)–C–C–N with tert-alkyl or cyclic N) is 1. The number of rotatable bonds is 8. The Morgan fingerprint density at radius 2 is 1.75 bits per heavy atom. The van der Waals surface area contributed by atoms with Gasteiger partial charge in [0.1, 0.15) is 5.82 Å². The van der Waals surface area contributed by atoms with E-state index in [-0.39, 0.29) is 11.9 Å². The van der Waals surface area contributed by atoms with E-state index in [1.807, 2.05) is 25.2 Å². The van der Waals surface area contributed by atoms with E-state index in [0.29, 0.717) is 18.1 Å². The molecule has 1 aliphatic rings. The zero-order chi connectivity index (χ0) is 19.9. The number of hydrogen-bond acceptors (Lipinski definition) is 4. The summed E-state index contributed by atoms with van der Waals surface area (Å²) in [5.41, 5.74) is 2.21. The quantitative estimate of drug-likeness (QED) is 0.731. The van der Waals surface area contributed by atoms with Gasteiger partial charge in [-0.1, -0.05) is 48.0 Å². The molecule has 1 heterocycles. The summed E-state index contributed by atoms with van der Waals surface area (Å²) in [4.78, 5) is 6.79. The van der Waals surface area contributed by atoms with Crippen molar-refractivity contribution < 1.29 is 9.50 Å². The lowest BCUT2D eigenvalue weighted by Crippen LogP contribution is -2.49. The van der Waals surface area contributed by atoms with Crippen molar-refractivity contribution in [3.63, 3.8) is 0 Å². The molecule has 3 rings (SSSR count). The van der Waals surface area contributed by atoms with E-state index in [0.717, 1.165) is 44.8 Å². The fourth-order valence-electron chi connectivity index (χ4n) is 3.70. The first-order valence-electron chi connectivity index (χ1n) is 9.79. The van der Waals surface area contributed by atoms with Gasteiger partial charge in [-0.2, -0.15) is 0 Å². The molecule has 1 aliphatic heterocycles. The van der Waals surface area contributed by atoms with Gasteiger partial charge in [-0.25, -0.2) is 4.39 Å². The second-order valence-corrected chi connectivity index (χ2v) is 8.06. The molecule has 1 fully saturated rings. The van der Waals surface area contributed by atoms with Crippen LogP contribution in [-0.2, 0) is 13.1 Å². The number of likely N-dealkylation sites (N-methyl/N-ethyl adjacent to an activating group) is 1. The molecule has 1 unspecified atom stereocenters. The second-order valence-electron chi connectivity index (χ2n) is 7.65. The summed E-state index contributed by atoms with van der Waals surface area (Å²) in [7, 11) is 2.04. The fraction of sp³-hybridized carbons (Fsp3) is 0.455. The monoisotopic (exact) mass is 405 g/mol. The Balaban J connectivity index is 1.38. The highest BCUT2D eigenvalue weighted by Gasteiger charge is 2.20. The molecule has 1 saturated heterocycles. The first-order chi connectivity index (χ1) is 13.5. The number of piperazine rings is 1. The summed E-state index contributed by atoms with van der Waals surface area (Å²) < 4.78 is 13.2. The lowest BCUT2D eigenvalue weighted by Gasteiger charge is -2.36. The Kier molecular flexibility index (Phi) is 7.82. The van der Waals surface area contributed by atoms with Crippen molar-refractivity contribution in [2.75, 3.05) is 46.3 Å². The maximum absolute atomic E-state index is 13.2. The highest BCUT2D eigenvalue weighted by atomic mass is 35.5. The lowest BCUT2D eigenvalue weighted by molar-refractivity contribution is 0.0525. The SMILES string of the molecule is CN(Cc1ccccc1)CC(O)CN1CCN(Cc2ccc(F)cc2Cl)CC1. The highest BCUT2D eigenvalue weighted by Crippen LogP contribution is 2.19. The van der Waals surface area contributed by atoms with E-state index in [1.54, 1.807) is 6.07 Å². The molecule has 6 heteroatoms. The van der Waals surface area contributed by atoms with Crippen LogP contribution < -0.4 is 0 Å². The fourth-order valence-corrected chi connectivity index (χ4v) is 3.92. The van der Waals surface area contributed by atoms with Crippen LogP contribution in [0.5, 0.6) is 0 Å². The van der Waals surface area contributed by atoms with Gasteiger partial charge in [0.25, 0.3) is 0 Å². The molecule has 0 amide bonds. The molecule has 0 aliphatic carbocycles. The van der Waals surface area contributed by atoms with Crippen LogP contribution in [0.3, 0.4) is 0 Å². The summed E-state index contributed by atoms with van der Waals surface area (Å²) >= 11 is 6.14. The topological polar surface area (TPSA) is 30.0 Å². The zero-order valence-electron chi connectivity index (χ0n) is 16.4. The van der Waals surface area contributed by atoms with Gasteiger partial charge < -0.3 is 5.11 Å². The summed E-state index contributed by atoms with van der Waals surface area (Å²) in [5.74, 6) is -0.301. The third-order valence-electron chi connectivity index (χ3n) is 5.16. The third-order valence-corrected chi connectivity index (χ3v) is 5.51. The van der Waals surface area contributed by atoms with E-state index in [1.165, 1.54) is 17.7 Å². The Morgan fingerprint density at radius 1 is 1.07 bits per heavy atom. The third kappa shape index (κ3) is 6.54. The average Bonchev–Trinajstić information content (AvgIpc) is 2.66. The van der Waals surface area contributed by atoms with E-state index in [2.05, 4.69) is 26.8 Å². The predicted octanol–water partition coefficient (Wildman–Crippen LogP) is 3.09. The largest absolute Gasteiger partial charge is 0.390 e. The number of aliphatic hydroxyl groups is 1. The summed E-state index contributed by atoms with van der Waals surface area (Å²) in [6, 6.07) is 14.9. The minimum absolute atomic E-state index is 0.301. The van der Waals surface area contributed by atoms with Gasteiger partial charge in [0.15, 0.2) is 0 Å². The van der Waals surface area contributed by atoms with Crippen LogP contribution in [0, 0.1) is 5.82 Å². The predicted molar refractivity (Wildman–Crippen MR) is 112 cm³/mol. The van der Waals surface area contributed by atoms with Crippen molar-refractivity contribution in [3.05, 3.63) is 70.5 Å². The molecule has 0 spiro atoms. The first kappa shape index (κ1) is 21.2. The normalized spacial score (nSPS) is 17.2. The van der Waals surface area contributed by atoms with Crippen molar-refractivity contribution in [3.8, 4) is 0 Å². The molecule has 1 N–H and O–H groups in total. The van der Waals surface area contributed by atoms with E-state index in [4.69, 9.17) is 11.6 Å². The van der Waals surface area contributed by atoms with Crippen molar-refractivity contribution in [1.29, 1.82) is 0 Å². The Hall–Kier alpha value is -1.50. The van der Waals surface area contributed by atoms with E-state index in [9.17, 15) is 9.50 Å². The molecule has 4 nitrogen and oxygen atoms in total. The second kappa shape index (κ2) is 10.3. The minimum Gasteiger partial charge on any atom is -0.390 e. The lowest BCUT2D eigenvalue weighted by atomic mass is 10.2. The Bertz CT molecular complexity index is 738. The van der Waals surface area contributed by atoms with Gasteiger partial charge in [-0.3, -0.25) is 14.7 Å². The molecule has 2 aromatic carbocycles. The number of aliphatic hydroxyl groups excluding tert-OH is 1. The van der Waals surface area contributed by atoms with Crippen molar-refractivity contribution in [2.45, 2.75) is 19.2 Å². The molecular formula is C22H29ClFN3O. The number of halogens is 2. The van der Waals surface area contributed by atoms with Crippen molar-refractivity contribution in [1.82, 2.24) is 14.7 Å². The highest BCUT2D eigenvalue weighted by molar-refractivity contribution is 6.31. The molecule has 28 heavy (non-hydrogen) atoms. The van der Waals surface area contributed by atoms with Crippen LogP contribution in [0.15, 0.2) is 48.5 Å².